The molecule has 0 saturated heterocycles. The minimum Gasteiger partial charge on any atom is -0.359 e. The van der Waals surface area contributed by atoms with Gasteiger partial charge in [0.2, 0.25) is 11.8 Å². The van der Waals surface area contributed by atoms with Crippen molar-refractivity contribution in [2.24, 2.45) is 0 Å². The number of nitrogens with one attached hydrogen (secondary N) is 3. The second-order valence-corrected chi connectivity index (χ2v) is 6.24. The number of nitrogens with zero attached hydrogens (tertiary/aromatic N) is 1. The quantitative estimate of drug-likeness (QED) is 0.511. The maximum absolute atomic E-state index is 12.0. The summed E-state index contributed by atoms with van der Waals surface area (Å²) in [4.78, 5) is 41.8. The molecule has 0 aliphatic carbocycles. The Balaban J connectivity index is 1.94. The van der Waals surface area contributed by atoms with Crippen LogP contribution in [0.2, 0.25) is 0 Å². The molecule has 7 nitrogen and oxygen atoms in total. The van der Waals surface area contributed by atoms with Gasteiger partial charge >= 0.3 is 0 Å². The van der Waals surface area contributed by atoms with Gasteiger partial charge < -0.3 is 15.6 Å². The minimum absolute atomic E-state index is 0.0178. The molecule has 0 radical (unpaired) electrons. The first-order chi connectivity index (χ1) is 12.0. The van der Waals surface area contributed by atoms with Crippen LogP contribution in [0, 0.1) is 0 Å². The summed E-state index contributed by atoms with van der Waals surface area (Å²) in [5.74, 6) is -0.335. The van der Waals surface area contributed by atoms with Crippen molar-refractivity contribution in [2.75, 3.05) is 18.1 Å². The van der Waals surface area contributed by atoms with Gasteiger partial charge in [0.1, 0.15) is 0 Å². The number of anilines is 1. The van der Waals surface area contributed by atoms with Crippen molar-refractivity contribution in [1.82, 2.24) is 15.3 Å². The van der Waals surface area contributed by atoms with Gasteiger partial charge in [-0.05, 0) is 24.1 Å². The number of rotatable bonds is 7. The second-order valence-electron chi connectivity index (χ2n) is 5.28. The Morgan fingerprint density at radius 2 is 1.92 bits per heavy atom. The number of hydrogen-bond acceptors (Lipinski definition) is 5. The van der Waals surface area contributed by atoms with Gasteiger partial charge in [-0.3, -0.25) is 14.4 Å². The SMILES string of the molecule is CCc1ccc(NC(=O)CSc2nc(CC(=O)NC)cc(=O)[nH]2)cc1. The van der Waals surface area contributed by atoms with Gasteiger partial charge in [0.15, 0.2) is 5.16 Å². The van der Waals surface area contributed by atoms with Crippen LogP contribution in [0.1, 0.15) is 18.2 Å². The van der Waals surface area contributed by atoms with E-state index in [9.17, 15) is 14.4 Å². The third kappa shape index (κ3) is 6.07. The van der Waals surface area contributed by atoms with Crippen molar-refractivity contribution in [3.63, 3.8) is 0 Å². The molecule has 3 N–H and O–H groups in total. The summed E-state index contributed by atoms with van der Waals surface area (Å²) in [5.41, 5.74) is 1.92. The number of aryl methyl sites for hydroxylation is 1. The molecule has 1 aromatic carbocycles. The molecule has 0 unspecified atom stereocenters. The number of thioether (sulfide) groups is 1. The Labute approximate surface area is 149 Å². The summed E-state index contributed by atoms with van der Waals surface area (Å²) in [5, 5.41) is 5.57. The van der Waals surface area contributed by atoms with Gasteiger partial charge in [0, 0.05) is 18.8 Å². The molecule has 1 heterocycles. The molecule has 0 fully saturated rings. The maximum Gasteiger partial charge on any atom is 0.251 e. The third-order valence-electron chi connectivity index (χ3n) is 3.38. The molecule has 1 aromatic heterocycles. The molecular weight excluding hydrogens is 340 g/mol. The molecular formula is C17H20N4O3S. The fraction of sp³-hybridized carbons (Fsp3) is 0.294. The summed E-state index contributed by atoms with van der Waals surface area (Å²) < 4.78 is 0. The van der Waals surface area contributed by atoms with Crippen molar-refractivity contribution in [3.8, 4) is 0 Å². The smallest absolute Gasteiger partial charge is 0.251 e. The molecule has 0 aliphatic rings. The first kappa shape index (κ1) is 18.7. The lowest BCUT2D eigenvalue weighted by molar-refractivity contribution is -0.120. The highest BCUT2D eigenvalue weighted by molar-refractivity contribution is 7.99. The van der Waals surface area contributed by atoms with E-state index in [0.29, 0.717) is 10.9 Å². The van der Waals surface area contributed by atoms with Crippen LogP contribution in [0.15, 0.2) is 40.3 Å². The molecule has 132 valence electrons. The first-order valence-electron chi connectivity index (χ1n) is 7.82. The van der Waals surface area contributed by atoms with E-state index >= 15 is 0 Å². The highest BCUT2D eigenvalue weighted by atomic mass is 32.2. The molecule has 0 spiro atoms. The lowest BCUT2D eigenvalue weighted by Crippen LogP contribution is -2.22. The largest absolute Gasteiger partial charge is 0.359 e. The number of benzene rings is 1. The van der Waals surface area contributed by atoms with Crippen LogP contribution in [-0.4, -0.2) is 34.6 Å². The van der Waals surface area contributed by atoms with E-state index in [-0.39, 0.29) is 29.5 Å². The lowest BCUT2D eigenvalue weighted by atomic mass is 10.1. The number of H-pyrrole nitrogens is 1. The second kappa shape index (κ2) is 9.03. The zero-order chi connectivity index (χ0) is 18.2. The number of carbonyl (C=O) groups is 2. The highest BCUT2D eigenvalue weighted by Gasteiger charge is 2.09. The van der Waals surface area contributed by atoms with Gasteiger partial charge in [-0.15, -0.1) is 0 Å². The average molecular weight is 360 g/mol. The van der Waals surface area contributed by atoms with Crippen LogP contribution in [0.25, 0.3) is 0 Å². The van der Waals surface area contributed by atoms with Crippen LogP contribution in [0.3, 0.4) is 0 Å². The van der Waals surface area contributed by atoms with E-state index in [1.807, 2.05) is 24.3 Å². The van der Waals surface area contributed by atoms with E-state index in [1.54, 1.807) is 0 Å². The standard InChI is InChI=1S/C17H20N4O3S/c1-3-11-4-6-12(7-5-11)19-16(24)10-25-17-20-13(8-14(22)18-2)9-15(23)21-17/h4-7,9H,3,8,10H2,1-2H3,(H,18,22)(H,19,24)(H,20,21,23). The normalized spacial score (nSPS) is 10.3. The molecule has 0 aliphatic heterocycles. The monoisotopic (exact) mass is 360 g/mol. The van der Waals surface area contributed by atoms with Gasteiger partial charge in [-0.1, -0.05) is 30.8 Å². The molecule has 0 bridgehead atoms. The summed E-state index contributed by atoms with van der Waals surface area (Å²) in [6.45, 7) is 2.07. The number of likely N-dealkylation sites (N-methyl/N-ethyl adjacent to an activating group) is 1. The molecule has 0 saturated carbocycles. The Morgan fingerprint density at radius 1 is 1.20 bits per heavy atom. The van der Waals surface area contributed by atoms with Crippen LogP contribution < -0.4 is 16.2 Å². The fourth-order valence-corrected chi connectivity index (χ4v) is 2.74. The summed E-state index contributed by atoms with van der Waals surface area (Å²) in [7, 11) is 1.52. The summed E-state index contributed by atoms with van der Waals surface area (Å²) in [6, 6.07) is 8.90. The van der Waals surface area contributed by atoms with Gasteiger partial charge in [0.25, 0.3) is 5.56 Å². The van der Waals surface area contributed by atoms with Crippen LogP contribution in [0.4, 0.5) is 5.69 Å². The maximum atomic E-state index is 12.0. The van der Waals surface area contributed by atoms with Gasteiger partial charge in [0.05, 0.1) is 17.9 Å². The number of hydrogen-bond donors (Lipinski definition) is 3. The van der Waals surface area contributed by atoms with Crippen LogP contribution in [0.5, 0.6) is 0 Å². The van der Waals surface area contributed by atoms with Crippen molar-refractivity contribution < 1.29 is 9.59 Å². The Hall–Kier alpha value is -2.61. The molecule has 2 rings (SSSR count). The number of aromatic amines is 1. The average Bonchev–Trinajstić information content (AvgIpc) is 2.60. The van der Waals surface area contributed by atoms with Crippen molar-refractivity contribution in [1.29, 1.82) is 0 Å². The number of aromatic nitrogens is 2. The zero-order valence-electron chi connectivity index (χ0n) is 14.1. The van der Waals surface area contributed by atoms with E-state index in [4.69, 9.17) is 0 Å². The van der Waals surface area contributed by atoms with Crippen LogP contribution >= 0.6 is 11.8 Å². The Kier molecular flexibility index (Phi) is 6.76. The molecule has 2 aromatic rings. The van der Waals surface area contributed by atoms with Crippen LogP contribution in [-0.2, 0) is 22.4 Å². The fourth-order valence-electron chi connectivity index (χ4n) is 2.05. The topological polar surface area (TPSA) is 104 Å². The highest BCUT2D eigenvalue weighted by Crippen LogP contribution is 2.14. The summed E-state index contributed by atoms with van der Waals surface area (Å²) >= 11 is 1.11. The van der Waals surface area contributed by atoms with Crippen molar-refractivity contribution >= 4 is 29.3 Å². The van der Waals surface area contributed by atoms with Gasteiger partial charge in [-0.2, -0.15) is 0 Å². The Bertz CT molecular complexity index is 802. The third-order valence-corrected chi connectivity index (χ3v) is 4.25. The molecule has 0 atom stereocenters. The molecule has 8 heteroatoms. The van der Waals surface area contributed by atoms with E-state index < -0.39 is 0 Å². The molecule has 2 amide bonds. The predicted octanol–water partition coefficient (Wildman–Crippen LogP) is 1.35. The van der Waals surface area contributed by atoms with Crippen molar-refractivity contribution in [3.05, 3.63) is 51.9 Å². The summed E-state index contributed by atoms with van der Waals surface area (Å²) in [6.07, 6.45) is 0.958. The lowest BCUT2D eigenvalue weighted by Gasteiger charge is -2.06. The molecule has 25 heavy (non-hydrogen) atoms. The zero-order valence-corrected chi connectivity index (χ0v) is 14.9. The Morgan fingerprint density at radius 3 is 2.56 bits per heavy atom. The number of amides is 2. The number of carbonyl (C=O) groups excluding carboxylic acids is 2. The van der Waals surface area contributed by atoms with Gasteiger partial charge in [-0.25, -0.2) is 4.98 Å². The predicted molar refractivity (Wildman–Crippen MR) is 97.8 cm³/mol. The minimum atomic E-state index is -0.355. The first-order valence-corrected chi connectivity index (χ1v) is 8.81. The van der Waals surface area contributed by atoms with Crippen molar-refractivity contribution in [2.45, 2.75) is 24.9 Å². The van der Waals surface area contributed by atoms with E-state index in [0.717, 1.165) is 23.9 Å². The van der Waals surface area contributed by atoms with E-state index in [2.05, 4.69) is 27.5 Å². The van der Waals surface area contributed by atoms with E-state index in [1.165, 1.54) is 18.7 Å².